The first-order valence-electron chi connectivity index (χ1n) is 19.9. The van der Waals surface area contributed by atoms with Gasteiger partial charge in [-0.2, -0.15) is 4.99 Å². The van der Waals surface area contributed by atoms with Gasteiger partial charge in [0, 0.05) is 71.5 Å². The molecule has 0 amide bonds. The Bertz CT molecular complexity index is 1060. The summed E-state index contributed by atoms with van der Waals surface area (Å²) in [5.74, 6) is 1.42. The molecule has 3 rings (SSSR count). The lowest BCUT2D eigenvalue weighted by atomic mass is 9.79. The second kappa shape index (κ2) is 16.5. The van der Waals surface area contributed by atoms with E-state index >= 15 is 0 Å². The van der Waals surface area contributed by atoms with Crippen LogP contribution in [0.25, 0.3) is 0 Å². The third kappa shape index (κ3) is 13.6. The molecule has 0 aromatic rings. The number of piperidine rings is 3. The normalized spacial score (nSPS) is 25.7. The summed E-state index contributed by atoms with van der Waals surface area (Å²) in [6, 6.07) is 1.26. The highest BCUT2D eigenvalue weighted by molar-refractivity contribution is 5.94. The fourth-order valence-electron chi connectivity index (χ4n) is 10.2. The fraction of sp³-hybridized carbons (Fsp3) is 0.950. The Kier molecular flexibility index (Phi) is 14.1. The molecule has 3 aliphatic rings. The number of nitrogens with two attached hydrogens (primary N) is 1. The van der Waals surface area contributed by atoms with E-state index in [4.69, 9.17) is 15.7 Å². The summed E-state index contributed by atoms with van der Waals surface area (Å²) < 4.78 is 0. The maximum Gasteiger partial charge on any atom is 0.223 e. The lowest BCUT2D eigenvalue weighted by Gasteiger charge is -2.50. The summed E-state index contributed by atoms with van der Waals surface area (Å²) in [7, 11) is 1.90. The summed E-state index contributed by atoms with van der Waals surface area (Å²) in [5.41, 5.74) is 7.53. The summed E-state index contributed by atoms with van der Waals surface area (Å²) >= 11 is 0. The highest BCUT2D eigenvalue weighted by Crippen LogP contribution is 2.34. The maximum absolute atomic E-state index is 7.05. The summed E-state index contributed by atoms with van der Waals surface area (Å²) in [5, 5.41) is 15.4. The van der Waals surface area contributed by atoms with Gasteiger partial charge in [-0.3, -0.25) is 4.99 Å². The van der Waals surface area contributed by atoms with Gasteiger partial charge in [0.1, 0.15) is 0 Å². The first-order valence-corrected chi connectivity index (χ1v) is 19.9. The molecule has 9 heteroatoms. The third-order valence-electron chi connectivity index (χ3n) is 10.9. The molecule has 0 unspecified atom stereocenters. The number of guanidine groups is 2. The number of nitrogens with one attached hydrogen (secondary N) is 4. The molecule has 0 aromatic carbocycles. The molecule has 3 aliphatic heterocycles. The number of hydrogen-bond donors (Lipinski definition) is 5. The van der Waals surface area contributed by atoms with Crippen molar-refractivity contribution in [2.24, 2.45) is 15.7 Å². The molecule has 9 nitrogen and oxygen atoms in total. The quantitative estimate of drug-likeness (QED) is 0.0827. The Hall–Kier alpha value is -1.42. The molecule has 3 saturated heterocycles. The van der Waals surface area contributed by atoms with Gasteiger partial charge in [-0.25, -0.2) is 0 Å². The van der Waals surface area contributed by atoms with E-state index < -0.39 is 0 Å². The van der Waals surface area contributed by atoms with Crippen molar-refractivity contribution in [2.45, 2.75) is 218 Å². The molecule has 0 saturated carbocycles. The molecule has 286 valence electrons. The minimum atomic E-state index is 0.0294. The molecule has 0 aromatic heterocycles. The van der Waals surface area contributed by atoms with Crippen molar-refractivity contribution < 1.29 is 0 Å². The van der Waals surface area contributed by atoms with Crippen LogP contribution in [0.3, 0.4) is 0 Å². The Morgan fingerprint density at radius 1 is 0.612 bits per heavy atom. The molecular weight excluding hydrogens is 607 g/mol. The van der Waals surface area contributed by atoms with Gasteiger partial charge in [0.15, 0.2) is 5.96 Å². The highest BCUT2D eigenvalue weighted by Gasteiger charge is 2.43. The topological polar surface area (TPSA) is 105 Å². The molecule has 0 bridgehead atoms. The van der Waals surface area contributed by atoms with E-state index in [2.05, 4.69) is 121 Å². The van der Waals surface area contributed by atoms with E-state index in [1.54, 1.807) is 0 Å². The number of unbranched alkanes of at least 4 members (excludes halogenated alkanes) is 4. The van der Waals surface area contributed by atoms with E-state index in [-0.39, 0.29) is 33.2 Å². The average molecular weight is 688 g/mol. The SMILES string of the molecule is CCCCN(C(N)=NC(=NC)N(CCCCCCNC1CC(C)(C)NC(C)(C)C1)C1CC(C)(C)NC(C)(C)C1)C1CC(C)(C)NC(C)(C)C1. The summed E-state index contributed by atoms with van der Waals surface area (Å²) in [4.78, 5) is 15.0. The number of nitrogens with zero attached hydrogens (tertiary/aromatic N) is 4. The molecule has 0 aliphatic carbocycles. The summed E-state index contributed by atoms with van der Waals surface area (Å²) in [6.45, 7) is 33.2. The average Bonchev–Trinajstić information content (AvgIpc) is 2.88. The Labute approximate surface area is 303 Å². The predicted octanol–water partition coefficient (Wildman–Crippen LogP) is 6.77. The van der Waals surface area contributed by atoms with Gasteiger partial charge < -0.3 is 36.8 Å². The minimum absolute atomic E-state index is 0.0294. The minimum Gasteiger partial charge on any atom is -0.369 e. The molecule has 3 heterocycles. The van der Waals surface area contributed by atoms with Gasteiger partial charge in [0.05, 0.1) is 0 Å². The lowest BCUT2D eigenvalue weighted by molar-refractivity contribution is 0.0999. The van der Waals surface area contributed by atoms with E-state index in [0.29, 0.717) is 24.1 Å². The molecular formula is C40H81N9. The van der Waals surface area contributed by atoms with Crippen LogP contribution in [0.4, 0.5) is 0 Å². The smallest absolute Gasteiger partial charge is 0.223 e. The van der Waals surface area contributed by atoms with Crippen LogP contribution in [0.2, 0.25) is 0 Å². The molecule has 49 heavy (non-hydrogen) atoms. The zero-order valence-corrected chi connectivity index (χ0v) is 34.7. The van der Waals surface area contributed by atoms with Crippen LogP contribution < -0.4 is 27.0 Å². The Morgan fingerprint density at radius 2 is 1.02 bits per heavy atom. The monoisotopic (exact) mass is 688 g/mol. The van der Waals surface area contributed by atoms with Crippen LogP contribution in [0, 0.1) is 0 Å². The second-order valence-electron chi connectivity index (χ2n) is 20.0. The standard InChI is InChI=1S/C40H81N9/c1-15-16-22-48(31-26-37(6,7)46-38(8,9)27-31)33(41)44-34(42-14)49(32-28-39(10,11)47-40(12,13)29-32)23-20-18-17-19-21-43-30-24-35(2,3)45-36(4,5)25-30/h30-32,43,45-47H,15-29H2,1-14H3,(H2,41,42,44). The van der Waals surface area contributed by atoms with Crippen LogP contribution in [0.1, 0.15) is 167 Å². The molecule has 0 atom stereocenters. The van der Waals surface area contributed by atoms with Crippen molar-refractivity contribution in [3.05, 3.63) is 0 Å². The lowest BCUT2D eigenvalue weighted by Crippen LogP contribution is -2.64. The zero-order chi connectivity index (χ0) is 36.9. The van der Waals surface area contributed by atoms with Crippen molar-refractivity contribution in [1.82, 2.24) is 31.1 Å². The van der Waals surface area contributed by atoms with Crippen LogP contribution in [-0.4, -0.2) is 99.8 Å². The molecule has 3 fully saturated rings. The van der Waals surface area contributed by atoms with Gasteiger partial charge in [0.2, 0.25) is 5.96 Å². The van der Waals surface area contributed by atoms with Crippen molar-refractivity contribution >= 4 is 11.9 Å². The van der Waals surface area contributed by atoms with Crippen molar-refractivity contribution in [3.63, 3.8) is 0 Å². The second-order valence-corrected chi connectivity index (χ2v) is 20.0. The zero-order valence-electron chi connectivity index (χ0n) is 34.7. The first-order chi connectivity index (χ1) is 22.5. The van der Waals surface area contributed by atoms with Crippen LogP contribution in [0.5, 0.6) is 0 Å². The van der Waals surface area contributed by atoms with E-state index in [0.717, 1.165) is 70.5 Å². The van der Waals surface area contributed by atoms with Crippen LogP contribution in [-0.2, 0) is 0 Å². The first kappa shape index (κ1) is 42.0. The number of aliphatic imine (C=N–C) groups is 2. The van der Waals surface area contributed by atoms with E-state index in [9.17, 15) is 0 Å². The molecule has 0 spiro atoms. The van der Waals surface area contributed by atoms with Gasteiger partial charge >= 0.3 is 0 Å². The predicted molar refractivity (Wildman–Crippen MR) is 213 cm³/mol. The Morgan fingerprint density at radius 3 is 1.47 bits per heavy atom. The van der Waals surface area contributed by atoms with Gasteiger partial charge in [-0.1, -0.05) is 26.2 Å². The van der Waals surface area contributed by atoms with E-state index in [1.165, 1.54) is 32.1 Å². The van der Waals surface area contributed by atoms with E-state index in [1.807, 2.05) is 7.05 Å². The van der Waals surface area contributed by atoms with Crippen molar-refractivity contribution in [3.8, 4) is 0 Å². The van der Waals surface area contributed by atoms with Crippen LogP contribution in [0.15, 0.2) is 9.98 Å². The fourth-order valence-corrected chi connectivity index (χ4v) is 10.2. The molecule has 6 N–H and O–H groups in total. The number of rotatable bonds is 13. The molecule has 0 radical (unpaired) electrons. The Balaban J connectivity index is 1.73. The number of hydrogen-bond acceptors (Lipinski definition) is 5. The van der Waals surface area contributed by atoms with Gasteiger partial charge in [-0.15, -0.1) is 0 Å². The largest absolute Gasteiger partial charge is 0.369 e. The van der Waals surface area contributed by atoms with Crippen molar-refractivity contribution in [1.29, 1.82) is 0 Å². The van der Waals surface area contributed by atoms with Crippen molar-refractivity contribution in [2.75, 3.05) is 26.7 Å². The maximum atomic E-state index is 7.05. The third-order valence-corrected chi connectivity index (χ3v) is 10.9. The van der Waals surface area contributed by atoms with Gasteiger partial charge in [0.25, 0.3) is 0 Å². The highest BCUT2D eigenvalue weighted by atomic mass is 15.4. The summed E-state index contributed by atoms with van der Waals surface area (Å²) in [6.07, 6.45) is 13.6. The van der Waals surface area contributed by atoms with Crippen LogP contribution >= 0.6 is 0 Å². The van der Waals surface area contributed by atoms with Gasteiger partial charge in [-0.05, 0) is 147 Å².